The Morgan fingerprint density at radius 3 is 2.74 bits per heavy atom. The molecule has 110 valence electrons. The van der Waals surface area contributed by atoms with Crippen LogP contribution in [0, 0.1) is 0 Å². The van der Waals surface area contributed by atoms with Crippen molar-refractivity contribution in [3.8, 4) is 0 Å². The lowest BCUT2D eigenvalue weighted by Crippen LogP contribution is -2.54. The van der Waals surface area contributed by atoms with Crippen molar-refractivity contribution < 1.29 is 19.4 Å². The van der Waals surface area contributed by atoms with E-state index in [0.717, 1.165) is 12.8 Å². The van der Waals surface area contributed by atoms with Crippen LogP contribution in [0.25, 0.3) is 0 Å². The summed E-state index contributed by atoms with van der Waals surface area (Å²) in [5.41, 5.74) is 0. The van der Waals surface area contributed by atoms with Crippen molar-refractivity contribution in [2.45, 2.75) is 24.9 Å². The number of aliphatic carboxylic acids is 1. The van der Waals surface area contributed by atoms with Crippen LogP contribution in [0.2, 0.25) is 0 Å². The first-order valence-corrected chi connectivity index (χ1v) is 6.39. The predicted molar refractivity (Wildman–Crippen MR) is 70.1 cm³/mol. The van der Waals surface area contributed by atoms with Gasteiger partial charge in [-0.3, -0.25) is 0 Å². The van der Waals surface area contributed by atoms with Crippen LogP contribution in [0.5, 0.6) is 0 Å². The maximum Gasteiger partial charge on any atom is 0.328 e. The van der Waals surface area contributed by atoms with Crippen LogP contribution in [-0.4, -0.2) is 79.9 Å². The Morgan fingerprint density at radius 2 is 2.21 bits per heavy atom. The molecule has 2 atom stereocenters. The molecule has 0 aromatic heterocycles. The largest absolute Gasteiger partial charge is 0.480 e. The molecule has 0 saturated carbocycles. The molecule has 0 radical (unpaired) electrons. The van der Waals surface area contributed by atoms with Gasteiger partial charge in [-0.15, -0.1) is 0 Å². The second kappa shape index (κ2) is 7.30. The number of likely N-dealkylation sites (N-methyl/N-ethyl adjacent to an activating group) is 1. The zero-order valence-electron chi connectivity index (χ0n) is 11.8. The Kier molecular flexibility index (Phi) is 6.04. The van der Waals surface area contributed by atoms with E-state index in [-0.39, 0.29) is 12.6 Å². The third-order valence-electron chi connectivity index (χ3n) is 3.34. The zero-order valence-corrected chi connectivity index (χ0v) is 11.8. The average molecular weight is 273 g/mol. The van der Waals surface area contributed by atoms with Gasteiger partial charge < -0.3 is 25.0 Å². The number of ether oxygens (including phenoxy) is 1. The minimum absolute atomic E-state index is 0.0357. The van der Waals surface area contributed by atoms with Crippen LogP contribution in [0.4, 0.5) is 4.79 Å². The first-order chi connectivity index (χ1) is 8.95. The number of piperidine rings is 1. The van der Waals surface area contributed by atoms with Gasteiger partial charge in [0.25, 0.3) is 0 Å². The minimum atomic E-state index is -1.09. The van der Waals surface area contributed by atoms with Crippen LogP contribution in [0.3, 0.4) is 0 Å². The van der Waals surface area contributed by atoms with Gasteiger partial charge >= 0.3 is 12.0 Å². The lowest BCUT2D eigenvalue weighted by Gasteiger charge is -2.36. The number of carbonyl (C=O) groups excluding carboxylic acids is 1. The van der Waals surface area contributed by atoms with E-state index in [0.29, 0.717) is 19.1 Å². The molecular weight excluding hydrogens is 250 g/mol. The third kappa shape index (κ3) is 4.68. The molecule has 0 spiro atoms. The molecule has 0 aliphatic carbocycles. The van der Waals surface area contributed by atoms with Crippen LogP contribution >= 0.6 is 0 Å². The van der Waals surface area contributed by atoms with Crippen molar-refractivity contribution in [3.05, 3.63) is 0 Å². The molecule has 2 unspecified atom stereocenters. The van der Waals surface area contributed by atoms with Gasteiger partial charge in [0.2, 0.25) is 0 Å². The van der Waals surface area contributed by atoms with E-state index in [4.69, 9.17) is 9.84 Å². The molecule has 1 aliphatic heterocycles. The molecule has 19 heavy (non-hydrogen) atoms. The Labute approximate surface area is 113 Å². The highest BCUT2D eigenvalue weighted by molar-refractivity contribution is 5.82. The number of rotatable bonds is 5. The molecule has 7 heteroatoms. The van der Waals surface area contributed by atoms with Crippen molar-refractivity contribution in [2.24, 2.45) is 0 Å². The summed E-state index contributed by atoms with van der Waals surface area (Å²) in [5, 5.41) is 11.5. The molecular formula is C12H23N3O4. The fourth-order valence-corrected chi connectivity index (χ4v) is 2.14. The number of methoxy groups -OCH3 is 1. The third-order valence-corrected chi connectivity index (χ3v) is 3.34. The van der Waals surface area contributed by atoms with Crippen LogP contribution < -0.4 is 5.32 Å². The normalized spacial score (nSPS) is 21.3. The van der Waals surface area contributed by atoms with Gasteiger partial charge in [-0.1, -0.05) is 0 Å². The lowest BCUT2D eigenvalue weighted by atomic mass is 10.1. The maximum absolute atomic E-state index is 12.0. The summed E-state index contributed by atoms with van der Waals surface area (Å²) < 4.78 is 4.79. The first kappa shape index (κ1) is 15.7. The summed E-state index contributed by atoms with van der Waals surface area (Å²) >= 11 is 0. The summed E-state index contributed by atoms with van der Waals surface area (Å²) in [5.74, 6) is -1.09. The summed E-state index contributed by atoms with van der Waals surface area (Å²) in [6.45, 7) is 1.25. The molecule has 0 aromatic carbocycles. The molecule has 0 bridgehead atoms. The van der Waals surface area contributed by atoms with E-state index in [1.807, 2.05) is 14.1 Å². The summed E-state index contributed by atoms with van der Waals surface area (Å²) in [4.78, 5) is 26.7. The molecule has 1 rings (SSSR count). The summed E-state index contributed by atoms with van der Waals surface area (Å²) in [6, 6.07) is -1.02. The van der Waals surface area contributed by atoms with E-state index in [2.05, 4.69) is 10.2 Å². The number of carboxylic acids is 1. The minimum Gasteiger partial charge on any atom is -0.480 e. The molecule has 1 heterocycles. The van der Waals surface area contributed by atoms with Gasteiger partial charge in [0, 0.05) is 26.2 Å². The molecule has 2 N–H and O–H groups in total. The van der Waals surface area contributed by atoms with Crippen LogP contribution in [0.1, 0.15) is 12.8 Å². The van der Waals surface area contributed by atoms with Crippen molar-refractivity contribution in [3.63, 3.8) is 0 Å². The number of nitrogens with one attached hydrogen (secondary N) is 1. The highest BCUT2D eigenvalue weighted by Crippen LogP contribution is 2.13. The Morgan fingerprint density at radius 1 is 1.53 bits per heavy atom. The Bertz CT molecular complexity index is 322. The van der Waals surface area contributed by atoms with Crippen molar-refractivity contribution in [1.82, 2.24) is 15.1 Å². The molecule has 2 amide bonds. The van der Waals surface area contributed by atoms with Crippen LogP contribution in [0.15, 0.2) is 0 Å². The number of likely N-dealkylation sites (tertiary alicyclic amines) is 1. The molecule has 0 aromatic rings. The van der Waals surface area contributed by atoms with Crippen molar-refractivity contribution in [2.75, 3.05) is 40.9 Å². The topological polar surface area (TPSA) is 82.1 Å². The molecule has 1 fully saturated rings. The maximum atomic E-state index is 12.0. The van der Waals surface area contributed by atoms with Gasteiger partial charge in [0.1, 0.15) is 0 Å². The van der Waals surface area contributed by atoms with Gasteiger partial charge in [-0.2, -0.15) is 0 Å². The fourth-order valence-electron chi connectivity index (χ4n) is 2.14. The van der Waals surface area contributed by atoms with Gasteiger partial charge in [-0.05, 0) is 26.9 Å². The van der Waals surface area contributed by atoms with Crippen LogP contribution in [-0.2, 0) is 9.53 Å². The first-order valence-electron chi connectivity index (χ1n) is 6.39. The number of amides is 2. The predicted octanol–water partition coefficient (Wildman–Crippen LogP) is -0.178. The van der Waals surface area contributed by atoms with Gasteiger partial charge in [0.15, 0.2) is 6.04 Å². The van der Waals surface area contributed by atoms with E-state index < -0.39 is 12.0 Å². The lowest BCUT2D eigenvalue weighted by molar-refractivity contribution is -0.140. The highest BCUT2D eigenvalue weighted by Gasteiger charge is 2.27. The van der Waals surface area contributed by atoms with Gasteiger partial charge in [0.05, 0.1) is 6.61 Å². The van der Waals surface area contributed by atoms with E-state index in [1.165, 1.54) is 7.11 Å². The fraction of sp³-hybridized carbons (Fsp3) is 0.833. The van der Waals surface area contributed by atoms with E-state index in [1.54, 1.807) is 4.90 Å². The van der Waals surface area contributed by atoms with Crippen molar-refractivity contribution >= 4 is 12.0 Å². The number of carboxylic acid groups (broad SMARTS) is 1. The smallest absolute Gasteiger partial charge is 0.328 e. The SMILES string of the molecule is COCC(NC(=O)N1CCCC(N(C)C)C1)C(=O)O. The molecule has 1 aliphatic rings. The quantitative estimate of drug-likeness (QED) is 0.726. The Hall–Kier alpha value is -1.34. The second-order valence-electron chi connectivity index (χ2n) is 5.00. The van der Waals surface area contributed by atoms with E-state index >= 15 is 0 Å². The summed E-state index contributed by atoms with van der Waals surface area (Å²) in [6.07, 6.45) is 1.98. The average Bonchev–Trinajstić information content (AvgIpc) is 2.38. The number of nitrogens with zero attached hydrogens (tertiary/aromatic N) is 2. The second-order valence-corrected chi connectivity index (χ2v) is 5.00. The Balaban J connectivity index is 2.54. The molecule has 1 saturated heterocycles. The summed E-state index contributed by atoms with van der Waals surface area (Å²) in [7, 11) is 5.37. The molecule has 7 nitrogen and oxygen atoms in total. The van der Waals surface area contributed by atoms with Crippen molar-refractivity contribution in [1.29, 1.82) is 0 Å². The standard InChI is InChI=1S/C12H23N3O4/c1-14(2)9-5-4-6-15(7-9)12(18)13-10(8-19-3)11(16)17/h9-10H,4-8H2,1-3H3,(H,13,18)(H,16,17). The van der Waals surface area contributed by atoms with Gasteiger partial charge in [-0.25, -0.2) is 9.59 Å². The number of hydrogen-bond acceptors (Lipinski definition) is 4. The van der Waals surface area contributed by atoms with E-state index in [9.17, 15) is 9.59 Å². The number of carbonyl (C=O) groups is 2. The number of urea groups is 1. The number of hydrogen-bond donors (Lipinski definition) is 2. The monoisotopic (exact) mass is 273 g/mol. The highest BCUT2D eigenvalue weighted by atomic mass is 16.5. The zero-order chi connectivity index (χ0) is 14.4.